The Morgan fingerprint density at radius 1 is 1.39 bits per heavy atom. The van der Waals surface area contributed by atoms with Gasteiger partial charge in [-0.1, -0.05) is 0 Å². The van der Waals surface area contributed by atoms with Gasteiger partial charge in [-0.2, -0.15) is 0 Å². The molecule has 2 heterocycles. The molecule has 0 unspecified atom stereocenters. The number of carbonyl (C=O) groups is 1. The molecule has 0 radical (unpaired) electrons. The van der Waals surface area contributed by atoms with Crippen LogP contribution in [0, 0.1) is 0 Å². The van der Waals surface area contributed by atoms with Gasteiger partial charge in [0.25, 0.3) is 0 Å². The lowest BCUT2D eigenvalue weighted by Gasteiger charge is -2.34. The van der Waals surface area contributed by atoms with Crippen LogP contribution in [0.3, 0.4) is 0 Å². The van der Waals surface area contributed by atoms with E-state index >= 15 is 0 Å². The first-order chi connectivity index (χ1) is 8.56. The third-order valence-electron chi connectivity index (χ3n) is 3.81. The van der Waals surface area contributed by atoms with Gasteiger partial charge in [0, 0.05) is 44.1 Å². The van der Waals surface area contributed by atoms with Gasteiger partial charge in [0.15, 0.2) is 5.78 Å². The monoisotopic (exact) mass is 249 g/mol. The second kappa shape index (κ2) is 5.67. The summed E-state index contributed by atoms with van der Waals surface area (Å²) in [5, 5.41) is 0. The van der Waals surface area contributed by atoms with Crippen molar-refractivity contribution in [2.24, 2.45) is 7.05 Å². The molecule has 4 nitrogen and oxygen atoms in total. The Labute approximate surface area is 109 Å². The number of piperidine rings is 1. The maximum absolute atomic E-state index is 12.1. The molecule has 4 heteroatoms. The van der Waals surface area contributed by atoms with Crippen LogP contribution >= 0.6 is 0 Å². The summed E-state index contributed by atoms with van der Waals surface area (Å²) in [5.74, 6) is 0.235. The molecule has 0 atom stereocenters. The van der Waals surface area contributed by atoms with Gasteiger partial charge in [0.2, 0.25) is 0 Å². The van der Waals surface area contributed by atoms with Crippen LogP contribution in [-0.4, -0.2) is 59.9 Å². The molecule has 0 bridgehead atoms. The molecule has 100 valence electrons. The molecule has 1 fully saturated rings. The van der Waals surface area contributed by atoms with Crippen molar-refractivity contribution in [1.82, 2.24) is 14.4 Å². The van der Waals surface area contributed by atoms with Crippen molar-refractivity contribution in [3.63, 3.8) is 0 Å². The third-order valence-corrected chi connectivity index (χ3v) is 3.81. The maximum Gasteiger partial charge on any atom is 0.178 e. The van der Waals surface area contributed by atoms with Crippen molar-refractivity contribution in [3.05, 3.63) is 24.0 Å². The molecule has 0 amide bonds. The molecule has 1 saturated heterocycles. The SMILES string of the molecule is CN(C)C1CCN(CC(=O)c2ccn(C)c2)CC1. The van der Waals surface area contributed by atoms with Gasteiger partial charge >= 0.3 is 0 Å². The van der Waals surface area contributed by atoms with E-state index in [9.17, 15) is 4.79 Å². The lowest BCUT2D eigenvalue weighted by molar-refractivity contribution is 0.0874. The molecule has 0 spiro atoms. The Balaban J connectivity index is 1.83. The minimum absolute atomic E-state index is 0.235. The van der Waals surface area contributed by atoms with Gasteiger partial charge in [-0.05, 0) is 33.0 Å². The van der Waals surface area contributed by atoms with Crippen molar-refractivity contribution >= 4 is 5.78 Å². The molecule has 0 N–H and O–H groups in total. The van der Waals surface area contributed by atoms with Crippen molar-refractivity contribution in [2.45, 2.75) is 18.9 Å². The Hall–Kier alpha value is -1.13. The van der Waals surface area contributed by atoms with Gasteiger partial charge in [0.05, 0.1) is 6.54 Å². The van der Waals surface area contributed by atoms with Crippen LogP contribution in [0.1, 0.15) is 23.2 Å². The minimum Gasteiger partial charge on any atom is -0.357 e. The molecular formula is C14H23N3O. The quantitative estimate of drug-likeness (QED) is 0.752. The fourth-order valence-electron chi connectivity index (χ4n) is 2.56. The molecular weight excluding hydrogens is 226 g/mol. The van der Waals surface area contributed by atoms with Gasteiger partial charge in [-0.25, -0.2) is 0 Å². The molecule has 1 aliphatic rings. The first-order valence-electron chi connectivity index (χ1n) is 6.60. The summed E-state index contributed by atoms with van der Waals surface area (Å²) in [4.78, 5) is 16.6. The van der Waals surface area contributed by atoms with Crippen molar-refractivity contribution in [2.75, 3.05) is 33.7 Å². The molecule has 1 aromatic rings. The van der Waals surface area contributed by atoms with Crippen LogP contribution in [0.15, 0.2) is 18.5 Å². The number of Topliss-reactive ketones (excluding diaryl/α,β-unsaturated/α-hetero) is 1. The highest BCUT2D eigenvalue weighted by molar-refractivity contribution is 5.97. The van der Waals surface area contributed by atoms with Crippen molar-refractivity contribution in [1.29, 1.82) is 0 Å². The molecule has 1 aromatic heterocycles. The first kappa shape index (κ1) is 13.3. The molecule has 1 aliphatic heterocycles. The number of aromatic nitrogens is 1. The van der Waals surface area contributed by atoms with Gasteiger partial charge < -0.3 is 9.47 Å². The summed E-state index contributed by atoms with van der Waals surface area (Å²) in [6.07, 6.45) is 6.14. The molecule has 0 saturated carbocycles. The van der Waals surface area contributed by atoms with E-state index in [1.54, 1.807) is 0 Å². The average molecular weight is 249 g/mol. The Bertz CT molecular complexity index is 403. The zero-order chi connectivity index (χ0) is 13.1. The minimum atomic E-state index is 0.235. The van der Waals surface area contributed by atoms with Crippen molar-refractivity contribution < 1.29 is 4.79 Å². The molecule has 2 rings (SSSR count). The molecule has 0 aromatic carbocycles. The Morgan fingerprint density at radius 2 is 2.06 bits per heavy atom. The van der Waals surface area contributed by atoms with E-state index in [2.05, 4.69) is 23.9 Å². The predicted molar refractivity (Wildman–Crippen MR) is 72.9 cm³/mol. The summed E-state index contributed by atoms with van der Waals surface area (Å²) in [6, 6.07) is 2.57. The fourth-order valence-corrected chi connectivity index (χ4v) is 2.56. The summed E-state index contributed by atoms with van der Waals surface area (Å²) in [6.45, 7) is 2.62. The highest BCUT2D eigenvalue weighted by atomic mass is 16.1. The second-order valence-electron chi connectivity index (χ2n) is 5.46. The summed E-state index contributed by atoms with van der Waals surface area (Å²) >= 11 is 0. The van der Waals surface area contributed by atoms with Crippen LogP contribution in [0.2, 0.25) is 0 Å². The van der Waals surface area contributed by atoms with E-state index in [0.29, 0.717) is 12.6 Å². The van der Waals surface area contributed by atoms with E-state index < -0.39 is 0 Å². The summed E-state index contributed by atoms with van der Waals surface area (Å²) in [5.41, 5.74) is 0.826. The van der Waals surface area contributed by atoms with E-state index in [4.69, 9.17) is 0 Å². The van der Waals surface area contributed by atoms with E-state index in [-0.39, 0.29) is 5.78 Å². The normalized spacial score (nSPS) is 18.4. The van der Waals surface area contributed by atoms with Crippen LogP contribution in [0.4, 0.5) is 0 Å². The number of hydrogen-bond acceptors (Lipinski definition) is 3. The highest BCUT2D eigenvalue weighted by Crippen LogP contribution is 2.14. The molecule has 18 heavy (non-hydrogen) atoms. The largest absolute Gasteiger partial charge is 0.357 e. The average Bonchev–Trinajstić information content (AvgIpc) is 2.76. The second-order valence-corrected chi connectivity index (χ2v) is 5.46. The van der Waals surface area contributed by atoms with E-state index in [1.807, 2.05) is 30.1 Å². The standard InChI is InChI=1S/C14H23N3O/c1-15(2)13-5-8-17(9-6-13)11-14(18)12-4-7-16(3)10-12/h4,7,10,13H,5-6,8-9,11H2,1-3H3. The van der Waals surface area contributed by atoms with Crippen LogP contribution < -0.4 is 0 Å². The smallest absolute Gasteiger partial charge is 0.178 e. The fraction of sp³-hybridized carbons (Fsp3) is 0.643. The number of ketones is 1. The Morgan fingerprint density at radius 3 is 2.56 bits per heavy atom. The van der Waals surface area contributed by atoms with Crippen LogP contribution in [-0.2, 0) is 7.05 Å². The molecule has 0 aliphatic carbocycles. The van der Waals surface area contributed by atoms with E-state index in [1.165, 1.54) is 0 Å². The Kier molecular flexibility index (Phi) is 4.19. The number of likely N-dealkylation sites (tertiary alicyclic amines) is 1. The van der Waals surface area contributed by atoms with Crippen LogP contribution in [0.5, 0.6) is 0 Å². The van der Waals surface area contributed by atoms with Gasteiger partial charge in [-0.3, -0.25) is 9.69 Å². The summed E-state index contributed by atoms with van der Waals surface area (Å²) < 4.78 is 1.92. The predicted octanol–water partition coefficient (Wildman–Crippen LogP) is 1.23. The topological polar surface area (TPSA) is 28.5 Å². The zero-order valence-corrected chi connectivity index (χ0v) is 11.6. The zero-order valence-electron chi connectivity index (χ0n) is 11.6. The number of hydrogen-bond donors (Lipinski definition) is 0. The van der Waals surface area contributed by atoms with Crippen molar-refractivity contribution in [3.8, 4) is 0 Å². The van der Waals surface area contributed by atoms with Crippen LogP contribution in [0.25, 0.3) is 0 Å². The lowest BCUT2D eigenvalue weighted by Crippen LogP contribution is -2.43. The number of carbonyl (C=O) groups excluding carboxylic acids is 1. The third kappa shape index (κ3) is 3.21. The maximum atomic E-state index is 12.1. The lowest BCUT2D eigenvalue weighted by atomic mass is 10.0. The summed E-state index contributed by atoms with van der Waals surface area (Å²) in [7, 11) is 6.21. The van der Waals surface area contributed by atoms with Gasteiger partial charge in [0.1, 0.15) is 0 Å². The van der Waals surface area contributed by atoms with Gasteiger partial charge in [-0.15, -0.1) is 0 Å². The highest BCUT2D eigenvalue weighted by Gasteiger charge is 2.22. The number of rotatable bonds is 4. The number of nitrogens with zero attached hydrogens (tertiary/aromatic N) is 3. The van der Waals surface area contributed by atoms with E-state index in [0.717, 1.165) is 31.5 Å². The first-order valence-corrected chi connectivity index (χ1v) is 6.60. The number of aryl methyl sites for hydroxylation is 1.